The van der Waals surface area contributed by atoms with Crippen molar-refractivity contribution in [1.29, 1.82) is 0 Å². The minimum Gasteiger partial charge on any atom is -0.497 e. The molecule has 0 aliphatic rings. The average molecular weight is 348 g/mol. The third-order valence-electron chi connectivity index (χ3n) is 4.27. The maximum atomic E-state index is 11.3. The van der Waals surface area contributed by atoms with Crippen molar-refractivity contribution in [3.8, 4) is 5.75 Å². The second-order valence-corrected chi connectivity index (χ2v) is 5.82. The van der Waals surface area contributed by atoms with Crippen LogP contribution >= 0.6 is 0 Å². The summed E-state index contributed by atoms with van der Waals surface area (Å²) in [7, 11) is 1.61. The lowest BCUT2D eigenvalue weighted by Gasteiger charge is -2.35. The Bertz CT molecular complexity index is 803. The first-order chi connectivity index (χ1) is 12.7. The van der Waals surface area contributed by atoms with Gasteiger partial charge in [-0.25, -0.2) is 4.79 Å². The predicted molar refractivity (Wildman–Crippen MR) is 99.3 cm³/mol. The summed E-state index contributed by atoms with van der Waals surface area (Å²) >= 11 is 0. The molecular weight excluding hydrogens is 328 g/mol. The van der Waals surface area contributed by atoms with Gasteiger partial charge < -0.3 is 14.6 Å². The highest BCUT2D eigenvalue weighted by Crippen LogP contribution is 2.40. The molecule has 0 aliphatic heterocycles. The normalized spacial score (nSPS) is 11.1. The number of carbonyl (C=O) groups is 1. The molecule has 0 saturated heterocycles. The average Bonchev–Trinajstić information content (AvgIpc) is 2.70. The van der Waals surface area contributed by atoms with E-state index >= 15 is 0 Å². The third kappa shape index (κ3) is 3.46. The maximum Gasteiger partial charge on any atom is 0.329 e. The van der Waals surface area contributed by atoms with Crippen LogP contribution < -0.4 is 4.74 Å². The molecule has 4 heteroatoms. The van der Waals surface area contributed by atoms with E-state index in [0.29, 0.717) is 0 Å². The summed E-state index contributed by atoms with van der Waals surface area (Å²) in [5.74, 6) is -0.295. The first-order valence-electron chi connectivity index (χ1n) is 8.28. The molecule has 0 amide bonds. The molecule has 0 aromatic heterocycles. The van der Waals surface area contributed by atoms with Crippen molar-refractivity contribution < 1.29 is 19.4 Å². The van der Waals surface area contributed by atoms with Gasteiger partial charge in [0.25, 0.3) is 0 Å². The molecule has 0 atom stereocenters. The Morgan fingerprint density at radius 3 is 1.69 bits per heavy atom. The van der Waals surface area contributed by atoms with Gasteiger partial charge >= 0.3 is 5.97 Å². The van der Waals surface area contributed by atoms with Crippen LogP contribution in [-0.2, 0) is 15.1 Å². The topological polar surface area (TPSA) is 55.8 Å². The highest BCUT2D eigenvalue weighted by Gasteiger charge is 2.38. The molecule has 0 saturated carbocycles. The van der Waals surface area contributed by atoms with Gasteiger partial charge in [0.1, 0.15) is 18.0 Å². The van der Waals surface area contributed by atoms with Crippen LogP contribution in [0.15, 0.2) is 84.9 Å². The smallest absolute Gasteiger partial charge is 0.329 e. The molecule has 132 valence electrons. The van der Waals surface area contributed by atoms with Gasteiger partial charge in [0, 0.05) is 0 Å². The van der Waals surface area contributed by atoms with Crippen molar-refractivity contribution in [1.82, 2.24) is 0 Å². The molecule has 3 aromatic carbocycles. The van der Waals surface area contributed by atoms with Gasteiger partial charge in [-0.15, -0.1) is 0 Å². The molecule has 3 aromatic rings. The van der Waals surface area contributed by atoms with E-state index in [0.717, 1.165) is 22.4 Å². The zero-order chi connectivity index (χ0) is 18.4. The fourth-order valence-electron chi connectivity index (χ4n) is 3.09. The molecule has 0 aliphatic carbocycles. The van der Waals surface area contributed by atoms with Gasteiger partial charge in [-0.2, -0.15) is 0 Å². The highest BCUT2D eigenvalue weighted by atomic mass is 16.5. The van der Waals surface area contributed by atoms with Crippen LogP contribution in [0.25, 0.3) is 0 Å². The molecule has 26 heavy (non-hydrogen) atoms. The van der Waals surface area contributed by atoms with Crippen molar-refractivity contribution in [2.24, 2.45) is 0 Å². The second kappa shape index (κ2) is 7.85. The molecule has 0 radical (unpaired) electrons. The summed E-state index contributed by atoms with van der Waals surface area (Å²) in [5, 5.41) is 9.25. The molecular formula is C22H20O4. The molecule has 3 rings (SSSR count). The lowest BCUT2D eigenvalue weighted by atomic mass is 9.80. The van der Waals surface area contributed by atoms with E-state index in [-0.39, 0.29) is 0 Å². The SMILES string of the molecule is COc1ccc(C(OCC(=O)O)(c2ccccc2)c2ccccc2)cc1. The van der Waals surface area contributed by atoms with Crippen LogP contribution in [0.4, 0.5) is 0 Å². The van der Waals surface area contributed by atoms with Crippen molar-refractivity contribution >= 4 is 5.97 Å². The fourth-order valence-corrected chi connectivity index (χ4v) is 3.09. The molecule has 0 fully saturated rings. The number of ether oxygens (including phenoxy) is 2. The van der Waals surface area contributed by atoms with E-state index in [1.165, 1.54) is 0 Å². The Morgan fingerprint density at radius 1 is 0.808 bits per heavy atom. The number of aliphatic carboxylic acids is 1. The van der Waals surface area contributed by atoms with Crippen molar-refractivity contribution in [2.45, 2.75) is 5.60 Å². The van der Waals surface area contributed by atoms with Gasteiger partial charge in [-0.3, -0.25) is 0 Å². The monoisotopic (exact) mass is 348 g/mol. The lowest BCUT2D eigenvalue weighted by molar-refractivity contribution is -0.146. The number of rotatable bonds is 7. The first-order valence-corrected chi connectivity index (χ1v) is 8.28. The molecule has 0 bridgehead atoms. The summed E-state index contributed by atoms with van der Waals surface area (Å²) in [5.41, 5.74) is 1.51. The van der Waals surface area contributed by atoms with Crippen LogP contribution in [-0.4, -0.2) is 24.8 Å². The number of hydrogen-bond acceptors (Lipinski definition) is 3. The fraction of sp³-hybridized carbons (Fsp3) is 0.136. The summed E-state index contributed by atoms with van der Waals surface area (Å²) in [4.78, 5) is 11.3. The molecule has 4 nitrogen and oxygen atoms in total. The third-order valence-corrected chi connectivity index (χ3v) is 4.27. The minimum atomic E-state index is -1.03. The summed E-state index contributed by atoms with van der Waals surface area (Å²) in [6.45, 7) is -0.421. The Labute approximate surface area is 152 Å². The van der Waals surface area contributed by atoms with Crippen LogP contribution in [0.1, 0.15) is 16.7 Å². The van der Waals surface area contributed by atoms with Gasteiger partial charge in [-0.05, 0) is 28.8 Å². The number of carboxylic acid groups (broad SMARTS) is 1. The van der Waals surface area contributed by atoms with Crippen LogP contribution in [0, 0.1) is 0 Å². The van der Waals surface area contributed by atoms with Gasteiger partial charge in [0.05, 0.1) is 7.11 Å². The predicted octanol–water partition coefficient (Wildman–Crippen LogP) is 4.09. The van der Waals surface area contributed by atoms with Gasteiger partial charge in [0.2, 0.25) is 0 Å². The van der Waals surface area contributed by atoms with E-state index in [1.54, 1.807) is 7.11 Å². The largest absolute Gasteiger partial charge is 0.497 e. The van der Waals surface area contributed by atoms with Crippen molar-refractivity contribution in [2.75, 3.05) is 13.7 Å². The van der Waals surface area contributed by atoms with E-state index in [4.69, 9.17) is 9.47 Å². The lowest BCUT2D eigenvalue weighted by Crippen LogP contribution is -2.34. The standard InChI is InChI=1S/C22H20O4/c1-25-20-14-12-19(13-15-20)22(26-16-21(23)24,17-8-4-2-5-9-17)18-10-6-3-7-11-18/h2-15H,16H2,1H3,(H,23,24). The summed E-state index contributed by atoms with van der Waals surface area (Å²) in [6.07, 6.45) is 0. The number of carboxylic acids is 1. The second-order valence-electron chi connectivity index (χ2n) is 5.82. The van der Waals surface area contributed by atoms with Crippen LogP contribution in [0.5, 0.6) is 5.75 Å². The Kier molecular flexibility index (Phi) is 5.34. The Balaban J connectivity index is 2.24. The quantitative estimate of drug-likeness (QED) is 0.654. The van der Waals surface area contributed by atoms with E-state index in [1.807, 2.05) is 84.9 Å². The number of benzene rings is 3. The Morgan fingerprint density at radius 2 is 1.27 bits per heavy atom. The summed E-state index contributed by atoms with van der Waals surface area (Å²) < 4.78 is 11.3. The first kappa shape index (κ1) is 17.7. The van der Waals surface area contributed by atoms with Gasteiger partial charge in [0.15, 0.2) is 0 Å². The van der Waals surface area contributed by atoms with E-state index in [2.05, 4.69) is 0 Å². The van der Waals surface area contributed by atoms with Crippen molar-refractivity contribution in [3.05, 3.63) is 102 Å². The van der Waals surface area contributed by atoms with Crippen LogP contribution in [0.3, 0.4) is 0 Å². The highest BCUT2D eigenvalue weighted by molar-refractivity contribution is 5.68. The number of hydrogen-bond donors (Lipinski definition) is 1. The zero-order valence-electron chi connectivity index (χ0n) is 14.5. The molecule has 0 spiro atoms. The molecule has 0 unspecified atom stereocenters. The molecule has 1 N–H and O–H groups in total. The minimum absolute atomic E-state index is 0.421. The summed E-state index contributed by atoms with van der Waals surface area (Å²) in [6, 6.07) is 26.8. The maximum absolute atomic E-state index is 11.3. The van der Waals surface area contributed by atoms with E-state index < -0.39 is 18.2 Å². The van der Waals surface area contributed by atoms with Crippen molar-refractivity contribution in [3.63, 3.8) is 0 Å². The molecule has 0 heterocycles. The van der Waals surface area contributed by atoms with Gasteiger partial charge in [-0.1, -0.05) is 72.8 Å². The zero-order valence-corrected chi connectivity index (χ0v) is 14.5. The van der Waals surface area contributed by atoms with E-state index in [9.17, 15) is 9.90 Å². The van der Waals surface area contributed by atoms with Crippen LogP contribution in [0.2, 0.25) is 0 Å². The number of methoxy groups -OCH3 is 1. The Hall–Kier alpha value is -3.11.